The van der Waals surface area contributed by atoms with Gasteiger partial charge in [-0.2, -0.15) is 0 Å². The molecule has 5 nitrogen and oxygen atoms in total. The SMILES string of the molecule is CC(C)[C@H]1CCCN1C(=O)c1cccc(C(=O)N2CCC[C@@H]2C(C)C)n1. The molecule has 1 aromatic rings. The molecule has 2 saturated heterocycles. The molecule has 3 heterocycles. The summed E-state index contributed by atoms with van der Waals surface area (Å²) in [5.74, 6) is 0.778. The van der Waals surface area contributed by atoms with Crippen LogP contribution in [0.2, 0.25) is 0 Å². The minimum Gasteiger partial charge on any atom is -0.334 e. The van der Waals surface area contributed by atoms with Gasteiger partial charge < -0.3 is 9.80 Å². The van der Waals surface area contributed by atoms with E-state index in [1.165, 1.54) is 0 Å². The van der Waals surface area contributed by atoms with Gasteiger partial charge in [0.25, 0.3) is 11.8 Å². The number of nitrogens with zero attached hydrogens (tertiary/aromatic N) is 3. The first-order valence-corrected chi connectivity index (χ1v) is 9.99. The zero-order chi connectivity index (χ0) is 18.8. The van der Waals surface area contributed by atoms with Crippen LogP contribution in [0.15, 0.2) is 18.2 Å². The molecule has 0 spiro atoms. The summed E-state index contributed by atoms with van der Waals surface area (Å²) in [5.41, 5.74) is 0.785. The molecule has 2 amide bonds. The van der Waals surface area contributed by atoms with Crippen molar-refractivity contribution in [2.75, 3.05) is 13.1 Å². The number of likely N-dealkylation sites (tertiary alicyclic amines) is 2. The third kappa shape index (κ3) is 3.62. The molecule has 0 aromatic carbocycles. The van der Waals surface area contributed by atoms with Crippen molar-refractivity contribution in [2.24, 2.45) is 11.8 Å². The minimum atomic E-state index is -0.0438. The van der Waals surface area contributed by atoms with Gasteiger partial charge in [-0.3, -0.25) is 9.59 Å². The fourth-order valence-corrected chi connectivity index (χ4v) is 4.44. The smallest absolute Gasteiger partial charge is 0.272 e. The first kappa shape index (κ1) is 18.9. The zero-order valence-corrected chi connectivity index (χ0v) is 16.4. The number of amides is 2. The first-order valence-electron chi connectivity index (χ1n) is 9.99. The van der Waals surface area contributed by atoms with E-state index in [0.29, 0.717) is 23.2 Å². The maximum atomic E-state index is 13.0. The Kier molecular flexibility index (Phi) is 5.64. The fraction of sp³-hybridized carbons (Fsp3) is 0.667. The van der Waals surface area contributed by atoms with Gasteiger partial charge in [0.15, 0.2) is 0 Å². The van der Waals surface area contributed by atoms with Crippen LogP contribution in [0.25, 0.3) is 0 Å². The van der Waals surface area contributed by atoms with Crippen molar-refractivity contribution in [2.45, 2.75) is 65.5 Å². The van der Waals surface area contributed by atoms with Gasteiger partial charge in [0.1, 0.15) is 11.4 Å². The highest BCUT2D eigenvalue weighted by atomic mass is 16.2. The van der Waals surface area contributed by atoms with Crippen LogP contribution in [0.4, 0.5) is 0 Å². The molecular weight excluding hydrogens is 326 g/mol. The molecule has 0 radical (unpaired) electrons. The van der Waals surface area contributed by atoms with Crippen molar-refractivity contribution in [1.29, 1.82) is 0 Å². The Bertz CT molecular complexity index is 618. The Morgan fingerprint density at radius 1 is 0.885 bits per heavy atom. The highest BCUT2D eigenvalue weighted by Crippen LogP contribution is 2.27. The topological polar surface area (TPSA) is 53.5 Å². The molecule has 2 aliphatic heterocycles. The van der Waals surface area contributed by atoms with Crippen LogP contribution >= 0.6 is 0 Å². The molecule has 3 rings (SSSR count). The Morgan fingerprint density at radius 3 is 1.69 bits per heavy atom. The summed E-state index contributed by atoms with van der Waals surface area (Å²) in [7, 11) is 0. The molecule has 2 fully saturated rings. The summed E-state index contributed by atoms with van der Waals surface area (Å²) in [6, 6.07) is 5.80. The lowest BCUT2D eigenvalue weighted by Gasteiger charge is -2.28. The number of hydrogen-bond donors (Lipinski definition) is 0. The number of aromatic nitrogens is 1. The summed E-state index contributed by atoms with van der Waals surface area (Å²) in [6.07, 6.45) is 4.17. The second kappa shape index (κ2) is 7.77. The second-order valence-corrected chi connectivity index (χ2v) is 8.31. The van der Waals surface area contributed by atoms with E-state index in [1.54, 1.807) is 18.2 Å². The van der Waals surface area contributed by atoms with Crippen LogP contribution in [-0.4, -0.2) is 51.8 Å². The molecule has 0 saturated carbocycles. The van der Waals surface area contributed by atoms with Gasteiger partial charge in [0, 0.05) is 25.2 Å². The molecule has 0 aliphatic carbocycles. The average Bonchev–Trinajstić information content (AvgIpc) is 3.29. The Labute approximate surface area is 156 Å². The van der Waals surface area contributed by atoms with E-state index in [2.05, 4.69) is 32.7 Å². The molecule has 142 valence electrons. The normalized spacial score (nSPS) is 23.3. The quantitative estimate of drug-likeness (QED) is 0.827. The van der Waals surface area contributed by atoms with E-state index in [-0.39, 0.29) is 23.9 Å². The number of pyridine rings is 1. The second-order valence-electron chi connectivity index (χ2n) is 8.31. The molecule has 1 aromatic heterocycles. The van der Waals surface area contributed by atoms with Crippen molar-refractivity contribution < 1.29 is 9.59 Å². The fourth-order valence-electron chi connectivity index (χ4n) is 4.44. The lowest BCUT2D eigenvalue weighted by molar-refractivity contribution is 0.0687. The van der Waals surface area contributed by atoms with Crippen LogP contribution in [0.5, 0.6) is 0 Å². The number of rotatable bonds is 4. The standard InChI is InChI=1S/C21H31N3O2/c1-14(2)18-10-6-12-23(18)20(25)16-8-5-9-17(22-16)21(26)24-13-7-11-19(24)15(3)4/h5,8-9,14-15,18-19H,6-7,10-13H2,1-4H3/t18-,19-/m1/s1. The van der Waals surface area contributed by atoms with E-state index < -0.39 is 0 Å². The van der Waals surface area contributed by atoms with Crippen molar-refractivity contribution in [3.8, 4) is 0 Å². The maximum absolute atomic E-state index is 13.0. The maximum Gasteiger partial charge on any atom is 0.272 e. The van der Waals surface area contributed by atoms with Crippen LogP contribution in [-0.2, 0) is 0 Å². The number of carbonyl (C=O) groups is 2. The van der Waals surface area contributed by atoms with Crippen molar-refractivity contribution in [3.63, 3.8) is 0 Å². The van der Waals surface area contributed by atoms with Gasteiger partial charge in [-0.1, -0.05) is 33.8 Å². The van der Waals surface area contributed by atoms with Crippen molar-refractivity contribution >= 4 is 11.8 Å². The highest BCUT2D eigenvalue weighted by molar-refractivity contribution is 5.96. The third-order valence-electron chi connectivity index (χ3n) is 5.85. The van der Waals surface area contributed by atoms with Gasteiger partial charge in [0.05, 0.1) is 0 Å². The van der Waals surface area contributed by atoms with Gasteiger partial charge in [-0.25, -0.2) is 4.98 Å². The van der Waals surface area contributed by atoms with Crippen LogP contribution in [0.1, 0.15) is 74.4 Å². The van der Waals surface area contributed by atoms with E-state index in [4.69, 9.17) is 0 Å². The summed E-state index contributed by atoms with van der Waals surface area (Å²) >= 11 is 0. The molecule has 0 unspecified atom stereocenters. The van der Waals surface area contributed by atoms with Crippen LogP contribution in [0.3, 0.4) is 0 Å². The van der Waals surface area contributed by atoms with Crippen LogP contribution < -0.4 is 0 Å². The Hall–Kier alpha value is -1.91. The van der Waals surface area contributed by atoms with Gasteiger partial charge >= 0.3 is 0 Å². The summed E-state index contributed by atoms with van der Waals surface area (Å²) in [6.45, 7) is 10.2. The Morgan fingerprint density at radius 2 is 1.31 bits per heavy atom. The van der Waals surface area contributed by atoms with E-state index in [1.807, 2.05) is 9.80 Å². The molecule has 2 atom stereocenters. The van der Waals surface area contributed by atoms with Crippen molar-refractivity contribution in [3.05, 3.63) is 29.6 Å². The largest absolute Gasteiger partial charge is 0.334 e. The number of hydrogen-bond acceptors (Lipinski definition) is 3. The summed E-state index contributed by atoms with van der Waals surface area (Å²) < 4.78 is 0. The lowest BCUT2D eigenvalue weighted by atomic mass is 10.0. The predicted molar refractivity (Wildman–Crippen MR) is 102 cm³/mol. The lowest BCUT2D eigenvalue weighted by Crippen LogP contribution is -2.40. The third-order valence-corrected chi connectivity index (χ3v) is 5.85. The predicted octanol–water partition coefficient (Wildman–Crippen LogP) is 3.60. The van der Waals surface area contributed by atoms with Gasteiger partial charge in [0.2, 0.25) is 0 Å². The van der Waals surface area contributed by atoms with Gasteiger partial charge in [-0.05, 0) is 49.7 Å². The highest BCUT2D eigenvalue weighted by Gasteiger charge is 2.34. The van der Waals surface area contributed by atoms with Crippen molar-refractivity contribution in [1.82, 2.24) is 14.8 Å². The minimum absolute atomic E-state index is 0.0438. The van der Waals surface area contributed by atoms with E-state index >= 15 is 0 Å². The number of carbonyl (C=O) groups excluding carboxylic acids is 2. The summed E-state index contributed by atoms with van der Waals surface area (Å²) in [4.78, 5) is 34.3. The monoisotopic (exact) mass is 357 g/mol. The first-order chi connectivity index (χ1) is 12.4. The van der Waals surface area contributed by atoms with Crippen LogP contribution in [0, 0.1) is 11.8 Å². The zero-order valence-electron chi connectivity index (χ0n) is 16.4. The summed E-state index contributed by atoms with van der Waals surface area (Å²) in [5, 5.41) is 0. The Balaban J connectivity index is 1.80. The van der Waals surface area contributed by atoms with Gasteiger partial charge in [-0.15, -0.1) is 0 Å². The van der Waals surface area contributed by atoms with E-state index in [9.17, 15) is 9.59 Å². The molecule has 0 bridgehead atoms. The molecule has 26 heavy (non-hydrogen) atoms. The average molecular weight is 357 g/mol. The molecule has 0 N–H and O–H groups in total. The molecule has 2 aliphatic rings. The van der Waals surface area contributed by atoms with E-state index in [0.717, 1.165) is 38.8 Å². The molecular formula is C21H31N3O2. The molecule has 5 heteroatoms.